The summed E-state index contributed by atoms with van der Waals surface area (Å²) in [6, 6.07) is 0.320. The highest BCUT2D eigenvalue weighted by atomic mass is 16.2. The van der Waals surface area contributed by atoms with Crippen molar-refractivity contribution in [2.24, 2.45) is 0 Å². The van der Waals surface area contributed by atoms with Gasteiger partial charge >= 0.3 is 0 Å². The number of hydrogen-bond acceptors (Lipinski definition) is 3. The first-order chi connectivity index (χ1) is 6.45. The summed E-state index contributed by atoms with van der Waals surface area (Å²) < 4.78 is 0. The van der Waals surface area contributed by atoms with Crippen molar-refractivity contribution in [1.29, 1.82) is 0 Å². The first-order valence-corrected chi connectivity index (χ1v) is 5.14. The van der Waals surface area contributed by atoms with Crippen molar-refractivity contribution in [3.63, 3.8) is 0 Å². The first kappa shape index (κ1) is 11.5. The number of hydrogen-bond donors (Lipinski definition) is 2. The average Bonchev–Trinajstić information content (AvgIpc) is 2.51. The van der Waals surface area contributed by atoms with Gasteiger partial charge in [-0.05, 0) is 40.9 Å². The Morgan fingerprint density at radius 2 is 2.14 bits per heavy atom. The second-order valence-corrected chi connectivity index (χ2v) is 4.60. The van der Waals surface area contributed by atoms with Crippen molar-refractivity contribution in [2.75, 3.05) is 27.2 Å². The quantitative estimate of drug-likeness (QED) is 0.662. The molecule has 0 saturated carbocycles. The van der Waals surface area contributed by atoms with Gasteiger partial charge in [-0.2, -0.15) is 0 Å². The van der Waals surface area contributed by atoms with Crippen LogP contribution in [0.2, 0.25) is 0 Å². The van der Waals surface area contributed by atoms with E-state index in [9.17, 15) is 4.79 Å². The molecule has 82 valence electrons. The Morgan fingerprint density at radius 1 is 1.50 bits per heavy atom. The van der Waals surface area contributed by atoms with Crippen molar-refractivity contribution in [2.45, 2.75) is 31.8 Å². The van der Waals surface area contributed by atoms with Gasteiger partial charge in [-0.1, -0.05) is 0 Å². The summed E-state index contributed by atoms with van der Waals surface area (Å²) >= 11 is 0. The average molecular weight is 199 g/mol. The second kappa shape index (κ2) is 4.28. The van der Waals surface area contributed by atoms with Crippen LogP contribution in [-0.2, 0) is 4.79 Å². The fourth-order valence-corrected chi connectivity index (χ4v) is 1.53. The molecule has 2 N–H and O–H groups in total. The van der Waals surface area contributed by atoms with Crippen LogP contribution < -0.4 is 10.6 Å². The number of likely N-dealkylation sites (N-methyl/N-ethyl adjacent to an activating group) is 2. The lowest BCUT2D eigenvalue weighted by atomic mass is 10.0. The number of carbonyl (C=O) groups excluding carboxylic acids is 1. The van der Waals surface area contributed by atoms with Crippen LogP contribution in [0.4, 0.5) is 0 Å². The van der Waals surface area contributed by atoms with Crippen molar-refractivity contribution < 1.29 is 4.79 Å². The van der Waals surface area contributed by atoms with Gasteiger partial charge in [0.25, 0.3) is 0 Å². The lowest BCUT2D eigenvalue weighted by molar-refractivity contribution is -0.126. The van der Waals surface area contributed by atoms with Gasteiger partial charge in [-0.3, -0.25) is 4.79 Å². The summed E-state index contributed by atoms with van der Waals surface area (Å²) in [5.41, 5.74) is -0.471. The maximum Gasteiger partial charge on any atom is 0.239 e. The van der Waals surface area contributed by atoms with E-state index in [1.165, 1.54) is 0 Å². The number of nitrogens with one attached hydrogen (secondary N) is 2. The molecule has 1 rings (SSSR count). The van der Waals surface area contributed by atoms with Crippen LogP contribution in [0, 0.1) is 0 Å². The topological polar surface area (TPSA) is 44.4 Å². The van der Waals surface area contributed by atoms with Crippen LogP contribution in [0.1, 0.15) is 20.3 Å². The van der Waals surface area contributed by atoms with Crippen molar-refractivity contribution in [1.82, 2.24) is 15.5 Å². The fraction of sp³-hybridized carbons (Fsp3) is 0.900. The van der Waals surface area contributed by atoms with Gasteiger partial charge in [0.15, 0.2) is 0 Å². The highest BCUT2D eigenvalue weighted by Crippen LogP contribution is 2.08. The summed E-state index contributed by atoms with van der Waals surface area (Å²) in [6.07, 6.45) is 1.06. The highest BCUT2D eigenvalue weighted by Gasteiger charge is 2.29. The van der Waals surface area contributed by atoms with Gasteiger partial charge in [-0.15, -0.1) is 0 Å². The molecular formula is C10H21N3O. The lowest BCUT2D eigenvalue weighted by Crippen LogP contribution is -2.54. The summed E-state index contributed by atoms with van der Waals surface area (Å²) in [5.74, 6) is 0.0836. The van der Waals surface area contributed by atoms with Crippen LogP contribution in [0.3, 0.4) is 0 Å². The minimum Gasteiger partial charge on any atom is -0.350 e. The molecule has 0 aromatic heterocycles. The Morgan fingerprint density at radius 3 is 2.57 bits per heavy atom. The molecule has 1 saturated heterocycles. The van der Waals surface area contributed by atoms with E-state index in [2.05, 4.69) is 22.6 Å². The second-order valence-electron chi connectivity index (χ2n) is 4.60. The number of likely N-dealkylation sites (tertiary alicyclic amines) is 1. The third-order valence-corrected chi connectivity index (χ3v) is 2.92. The zero-order valence-corrected chi connectivity index (χ0v) is 9.55. The molecule has 0 aliphatic carbocycles. The van der Waals surface area contributed by atoms with E-state index in [1.54, 1.807) is 7.05 Å². The number of rotatable bonds is 3. The molecule has 1 unspecified atom stereocenters. The normalized spacial score (nSPS) is 23.9. The van der Waals surface area contributed by atoms with Gasteiger partial charge in [0.1, 0.15) is 0 Å². The third kappa shape index (κ3) is 2.69. The van der Waals surface area contributed by atoms with E-state index in [0.29, 0.717) is 6.04 Å². The van der Waals surface area contributed by atoms with E-state index in [1.807, 2.05) is 13.8 Å². The van der Waals surface area contributed by atoms with Gasteiger partial charge in [0.05, 0.1) is 5.54 Å². The van der Waals surface area contributed by atoms with Crippen molar-refractivity contribution in [3.05, 3.63) is 0 Å². The van der Waals surface area contributed by atoms with Crippen molar-refractivity contribution >= 4 is 5.91 Å². The Labute approximate surface area is 86.0 Å². The molecule has 4 heteroatoms. The highest BCUT2D eigenvalue weighted by molar-refractivity contribution is 5.85. The molecule has 0 bridgehead atoms. The standard InChI is InChI=1S/C10H21N3O/c1-10(2,11-3)9(14)12-8-5-6-13(4)7-8/h8,11H,5-7H2,1-4H3,(H,12,14). The van der Waals surface area contributed by atoms with E-state index in [-0.39, 0.29) is 5.91 Å². The molecule has 0 aromatic rings. The molecule has 1 atom stereocenters. The monoisotopic (exact) mass is 199 g/mol. The first-order valence-electron chi connectivity index (χ1n) is 5.14. The minimum absolute atomic E-state index is 0.0836. The van der Waals surface area contributed by atoms with Crippen molar-refractivity contribution in [3.8, 4) is 0 Å². The van der Waals surface area contributed by atoms with Gasteiger partial charge in [0, 0.05) is 12.6 Å². The Hall–Kier alpha value is -0.610. The Kier molecular flexibility index (Phi) is 3.50. The Bertz CT molecular complexity index is 215. The minimum atomic E-state index is -0.471. The van der Waals surface area contributed by atoms with E-state index in [4.69, 9.17) is 0 Å². The predicted octanol–water partition coefficient (Wildman–Crippen LogP) is -0.195. The van der Waals surface area contributed by atoms with Crippen LogP contribution in [0.15, 0.2) is 0 Å². The molecule has 1 fully saturated rings. The zero-order valence-electron chi connectivity index (χ0n) is 9.55. The largest absolute Gasteiger partial charge is 0.350 e. The SMILES string of the molecule is CNC(C)(C)C(=O)NC1CCN(C)C1. The molecular weight excluding hydrogens is 178 g/mol. The van der Waals surface area contributed by atoms with Crippen LogP contribution in [0.5, 0.6) is 0 Å². The summed E-state index contributed by atoms with van der Waals surface area (Å²) in [7, 11) is 3.88. The zero-order chi connectivity index (χ0) is 10.8. The van der Waals surface area contributed by atoms with Crippen LogP contribution >= 0.6 is 0 Å². The fourth-order valence-electron chi connectivity index (χ4n) is 1.53. The molecule has 1 aliphatic heterocycles. The lowest BCUT2D eigenvalue weighted by Gasteiger charge is -2.25. The Balaban J connectivity index is 2.41. The number of amides is 1. The molecule has 1 amide bonds. The van der Waals surface area contributed by atoms with Crippen LogP contribution in [-0.4, -0.2) is 49.6 Å². The molecule has 1 aliphatic rings. The number of nitrogens with zero attached hydrogens (tertiary/aromatic N) is 1. The summed E-state index contributed by atoms with van der Waals surface area (Å²) in [5, 5.41) is 6.06. The maximum absolute atomic E-state index is 11.8. The smallest absolute Gasteiger partial charge is 0.239 e. The van der Waals surface area contributed by atoms with Gasteiger partial charge in [0.2, 0.25) is 5.91 Å². The van der Waals surface area contributed by atoms with E-state index < -0.39 is 5.54 Å². The number of carbonyl (C=O) groups is 1. The molecule has 0 radical (unpaired) electrons. The van der Waals surface area contributed by atoms with Crippen LogP contribution in [0.25, 0.3) is 0 Å². The summed E-state index contributed by atoms with van der Waals surface area (Å²) in [4.78, 5) is 14.0. The molecule has 4 nitrogen and oxygen atoms in total. The van der Waals surface area contributed by atoms with Gasteiger partial charge < -0.3 is 15.5 Å². The predicted molar refractivity (Wildman–Crippen MR) is 57.2 cm³/mol. The van der Waals surface area contributed by atoms with E-state index in [0.717, 1.165) is 19.5 Å². The molecule has 0 spiro atoms. The summed E-state index contributed by atoms with van der Waals surface area (Å²) in [6.45, 7) is 5.82. The van der Waals surface area contributed by atoms with E-state index >= 15 is 0 Å². The third-order valence-electron chi connectivity index (χ3n) is 2.92. The maximum atomic E-state index is 11.8. The van der Waals surface area contributed by atoms with Gasteiger partial charge in [-0.25, -0.2) is 0 Å². The molecule has 14 heavy (non-hydrogen) atoms. The molecule has 1 heterocycles. The molecule has 0 aromatic carbocycles.